The van der Waals surface area contributed by atoms with Crippen molar-refractivity contribution < 1.29 is 17.9 Å². The van der Waals surface area contributed by atoms with Gasteiger partial charge in [-0.3, -0.25) is 0 Å². The molecule has 1 aromatic heterocycles. The van der Waals surface area contributed by atoms with E-state index in [1.54, 1.807) is 6.92 Å². The third kappa shape index (κ3) is 2.51. The van der Waals surface area contributed by atoms with Crippen molar-refractivity contribution in [1.29, 1.82) is 0 Å². The zero-order valence-electron chi connectivity index (χ0n) is 7.23. The lowest BCUT2D eigenvalue weighted by molar-refractivity contribution is -0.137. The summed E-state index contributed by atoms with van der Waals surface area (Å²) in [4.78, 5) is 3.38. The number of rotatable bonds is 2. The fourth-order valence-corrected chi connectivity index (χ4v) is 1.08. The summed E-state index contributed by atoms with van der Waals surface area (Å²) in [7, 11) is 0. The minimum Gasteiger partial charge on any atom is -0.492 e. The smallest absolute Gasteiger partial charge is 0.419 e. The molecule has 0 aliphatic rings. The molecule has 0 amide bonds. The quantitative estimate of drug-likeness (QED) is 0.722. The van der Waals surface area contributed by atoms with Crippen molar-refractivity contribution in [2.75, 3.05) is 6.61 Å². The van der Waals surface area contributed by atoms with Crippen LogP contribution < -0.4 is 4.74 Å². The second-order valence-corrected chi connectivity index (χ2v) is 2.80. The maximum absolute atomic E-state index is 12.3. The lowest BCUT2D eigenvalue weighted by Gasteiger charge is -2.09. The van der Waals surface area contributed by atoms with E-state index in [2.05, 4.69) is 4.98 Å². The van der Waals surface area contributed by atoms with E-state index in [0.717, 1.165) is 12.3 Å². The summed E-state index contributed by atoms with van der Waals surface area (Å²) in [6, 6.07) is 0.832. The van der Waals surface area contributed by atoms with Crippen LogP contribution in [0.4, 0.5) is 13.2 Å². The van der Waals surface area contributed by atoms with Gasteiger partial charge >= 0.3 is 6.18 Å². The van der Waals surface area contributed by atoms with E-state index in [0.29, 0.717) is 0 Å². The number of alkyl halides is 3. The molecular weight excluding hydrogens is 219 g/mol. The molecule has 0 radical (unpaired) electrons. The van der Waals surface area contributed by atoms with Crippen molar-refractivity contribution in [3.05, 3.63) is 23.0 Å². The van der Waals surface area contributed by atoms with E-state index < -0.39 is 16.9 Å². The first-order valence-corrected chi connectivity index (χ1v) is 4.18. The first-order chi connectivity index (χ1) is 6.45. The van der Waals surface area contributed by atoms with Crippen LogP contribution >= 0.6 is 11.6 Å². The highest BCUT2D eigenvalue weighted by Crippen LogP contribution is 2.35. The van der Waals surface area contributed by atoms with Crippen LogP contribution in [0.1, 0.15) is 12.5 Å². The molecule has 78 valence electrons. The van der Waals surface area contributed by atoms with Crippen LogP contribution in [0.2, 0.25) is 5.15 Å². The highest BCUT2D eigenvalue weighted by molar-refractivity contribution is 6.30. The van der Waals surface area contributed by atoms with Crippen LogP contribution in [0.15, 0.2) is 12.3 Å². The van der Waals surface area contributed by atoms with Gasteiger partial charge in [0.25, 0.3) is 0 Å². The van der Waals surface area contributed by atoms with E-state index in [4.69, 9.17) is 16.3 Å². The van der Waals surface area contributed by atoms with Gasteiger partial charge < -0.3 is 4.74 Å². The summed E-state index contributed by atoms with van der Waals surface area (Å²) in [5.41, 5.74) is -0.981. The fraction of sp³-hybridized carbons (Fsp3) is 0.375. The highest BCUT2D eigenvalue weighted by atomic mass is 35.5. The van der Waals surface area contributed by atoms with Gasteiger partial charge in [-0.1, -0.05) is 11.6 Å². The van der Waals surface area contributed by atoms with Crippen molar-refractivity contribution in [3.8, 4) is 5.75 Å². The molecule has 0 bridgehead atoms. The molecule has 0 atom stereocenters. The Balaban J connectivity index is 3.09. The maximum atomic E-state index is 12.3. The van der Waals surface area contributed by atoms with Gasteiger partial charge in [0, 0.05) is 0 Å². The van der Waals surface area contributed by atoms with Crippen molar-refractivity contribution in [3.63, 3.8) is 0 Å². The molecule has 14 heavy (non-hydrogen) atoms. The third-order valence-electron chi connectivity index (χ3n) is 1.43. The number of hydrogen-bond acceptors (Lipinski definition) is 2. The molecule has 1 rings (SSSR count). The zero-order valence-corrected chi connectivity index (χ0v) is 7.99. The number of nitrogens with zero attached hydrogens (tertiary/aromatic N) is 1. The first kappa shape index (κ1) is 11.1. The molecule has 2 nitrogen and oxygen atoms in total. The topological polar surface area (TPSA) is 22.1 Å². The summed E-state index contributed by atoms with van der Waals surface area (Å²) >= 11 is 5.29. The van der Waals surface area contributed by atoms with Crippen LogP contribution in [0.3, 0.4) is 0 Å². The molecule has 0 saturated carbocycles. The molecule has 0 spiro atoms. The van der Waals surface area contributed by atoms with Crippen molar-refractivity contribution in [2.45, 2.75) is 13.1 Å². The Kier molecular flexibility index (Phi) is 3.21. The maximum Gasteiger partial charge on any atom is 0.419 e. The number of pyridine rings is 1. The predicted octanol–water partition coefficient (Wildman–Crippen LogP) is 3.15. The molecule has 0 saturated heterocycles. The molecule has 0 unspecified atom stereocenters. The van der Waals surface area contributed by atoms with Crippen molar-refractivity contribution in [2.24, 2.45) is 0 Å². The number of halogens is 4. The second-order valence-electron chi connectivity index (χ2n) is 2.44. The summed E-state index contributed by atoms with van der Waals surface area (Å²) < 4.78 is 41.7. The molecule has 0 fully saturated rings. The van der Waals surface area contributed by atoms with Gasteiger partial charge in [0.1, 0.15) is 10.9 Å². The van der Waals surface area contributed by atoms with Gasteiger partial charge in [-0.15, -0.1) is 0 Å². The highest BCUT2D eigenvalue weighted by Gasteiger charge is 2.34. The lowest BCUT2D eigenvalue weighted by Crippen LogP contribution is -2.07. The summed E-state index contributed by atoms with van der Waals surface area (Å²) in [6.45, 7) is 1.95. The SMILES string of the molecule is CCOc1cnc(Cl)c(C(F)(F)F)c1. The largest absolute Gasteiger partial charge is 0.492 e. The van der Waals surface area contributed by atoms with E-state index in [1.165, 1.54) is 0 Å². The number of ether oxygens (including phenoxy) is 1. The van der Waals surface area contributed by atoms with Gasteiger partial charge in [0.15, 0.2) is 0 Å². The van der Waals surface area contributed by atoms with Crippen LogP contribution in [0, 0.1) is 0 Å². The molecule has 0 aliphatic carbocycles. The van der Waals surface area contributed by atoms with Crippen molar-refractivity contribution in [1.82, 2.24) is 4.98 Å². The zero-order chi connectivity index (χ0) is 10.8. The Morgan fingerprint density at radius 3 is 2.64 bits per heavy atom. The number of aromatic nitrogens is 1. The Morgan fingerprint density at radius 2 is 2.14 bits per heavy atom. The first-order valence-electron chi connectivity index (χ1n) is 3.80. The van der Waals surface area contributed by atoms with Crippen LogP contribution in [0.5, 0.6) is 5.75 Å². The van der Waals surface area contributed by atoms with Crippen molar-refractivity contribution >= 4 is 11.6 Å². The summed E-state index contributed by atoms with van der Waals surface area (Å²) in [5, 5.41) is -0.569. The van der Waals surface area contributed by atoms with E-state index >= 15 is 0 Å². The van der Waals surface area contributed by atoms with E-state index in [9.17, 15) is 13.2 Å². The van der Waals surface area contributed by atoms with Crippen LogP contribution in [-0.2, 0) is 6.18 Å². The third-order valence-corrected chi connectivity index (χ3v) is 1.73. The fourth-order valence-electron chi connectivity index (χ4n) is 0.873. The Hall–Kier alpha value is -0.970. The monoisotopic (exact) mass is 225 g/mol. The molecule has 6 heteroatoms. The molecule has 0 aliphatic heterocycles. The second kappa shape index (κ2) is 4.04. The minimum atomic E-state index is -4.50. The average Bonchev–Trinajstić information content (AvgIpc) is 2.07. The Labute approximate surface area is 83.7 Å². The lowest BCUT2D eigenvalue weighted by atomic mass is 10.3. The Morgan fingerprint density at radius 1 is 1.50 bits per heavy atom. The molecule has 0 aromatic carbocycles. The van der Waals surface area contributed by atoms with Gasteiger partial charge in [0.05, 0.1) is 18.4 Å². The Bertz CT molecular complexity index is 327. The summed E-state index contributed by atoms with van der Waals surface area (Å²) in [5.74, 6) is 0.0595. The number of hydrogen-bond donors (Lipinski definition) is 0. The van der Waals surface area contributed by atoms with Gasteiger partial charge in [0.2, 0.25) is 0 Å². The van der Waals surface area contributed by atoms with Gasteiger partial charge in [-0.2, -0.15) is 13.2 Å². The molecule has 1 heterocycles. The normalized spacial score (nSPS) is 11.5. The van der Waals surface area contributed by atoms with Crippen LogP contribution in [0.25, 0.3) is 0 Å². The van der Waals surface area contributed by atoms with Crippen LogP contribution in [-0.4, -0.2) is 11.6 Å². The standard InChI is InChI=1S/C8H7ClF3NO/c1-2-14-5-3-6(8(10,11)12)7(9)13-4-5/h3-4H,2H2,1H3. The molecule has 0 N–H and O–H groups in total. The molecular formula is C8H7ClF3NO. The summed E-state index contributed by atoms with van der Waals surface area (Å²) in [6.07, 6.45) is -3.35. The van der Waals surface area contributed by atoms with Gasteiger partial charge in [-0.25, -0.2) is 4.98 Å². The minimum absolute atomic E-state index is 0.0595. The average molecular weight is 226 g/mol. The predicted molar refractivity (Wildman–Crippen MR) is 45.4 cm³/mol. The van der Waals surface area contributed by atoms with Gasteiger partial charge in [-0.05, 0) is 13.0 Å². The van der Waals surface area contributed by atoms with E-state index in [-0.39, 0.29) is 12.4 Å². The van der Waals surface area contributed by atoms with E-state index in [1.807, 2.05) is 0 Å². The molecule has 1 aromatic rings.